The van der Waals surface area contributed by atoms with Crippen molar-refractivity contribution in [3.8, 4) is 0 Å². The van der Waals surface area contributed by atoms with Crippen molar-refractivity contribution >= 4 is 21.4 Å². The van der Waals surface area contributed by atoms with Crippen LogP contribution in [0, 0.1) is 0 Å². The molecule has 19 heavy (non-hydrogen) atoms. The summed E-state index contributed by atoms with van der Waals surface area (Å²) in [6, 6.07) is 4.92. The number of ether oxygens (including phenoxy) is 1. The number of benzene rings is 1. The number of rotatable bonds is 4. The van der Waals surface area contributed by atoms with Gasteiger partial charge in [0, 0.05) is 12.3 Å². The van der Waals surface area contributed by atoms with Crippen LogP contribution < -0.4 is 15.8 Å². The highest BCUT2D eigenvalue weighted by Crippen LogP contribution is 2.27. The van der Waals surface area contributed by atoms with Gasteiger partial charge in [-0.15, -0.1) is 0 Å². The Labute approximate surface area is 113 Å². The predicted octanol–water partition coefficient (Wildman–Crippen LogP) is 0.766. The molecule has 1 aliphatic rings. The van der Waals surface area contributed by atoms with Crippen molar-refractivity contribution in [2.75, 3.05) is 24.7 Å². The Morgan fingerprint density at radius 3 is 2.74 bits per heavy atom. The summed E-state index contributed by atoms with van der Waals surface area (Å²) in [4.78, 5) is 0.161. The van der Waals surface area contributed by atoms with E-state index in [1.54, 1.807) is 12.1 Å². The Hall–Kier alpha value is -1.31. The van der Waals surface area contributed by atoms with Gasteiger partial charge < -0.3 is 15.8 Å². The van der Waals surface area contributed by atoms with E-state index in [4.69, 9.17) is 10.5 Å². The zero-order valence-electron chi connectivity index (χ0n) is 11.0. The predicted molar refractivity (Wildman–Crippen MR) is 74.5 cm³/mol. The van der Waals surface area contributed by atoms with Crippen LogP contribution in [0.3, 0.4) is 0 Å². The average molecular weight is 285 g/mol. The van der Waals surface area contributed by atoms with E-state index >= 15 is 0 Å². The summed E-state index contributed by atoms with van der Waals surface area (Å²) in [5.74, 6) is 0. The first-order valence-corrected chi connectivity index (χ1v) is 7.63. The number of hydrogen-bond acceptors (Lipinski definition) is 5. The molecule has 0 spiro atoms. The number of nitrogen functional groups attached to an aromatic ring is 1. The summed E-state index contributed by atoms with van der Waals surface area (Å²) in [5, 5.41) is 3.23. The van der Waals surface area contributed by atoms with Gasteiger partial charge in [-0.1, -0.05) is 0 Å². The Balaban J connectivity index is 2.35. The highest BCUT2D eigenvalue weighted by molar-refractivity contribution is 7.89. The normalized spacial score (nSPS) is 23.5. The monoisotopic (exact) mass is 285 g/mol. The molecule has 0 saturated carbocycles. The van der Waals surface area contributed by atoms with Crippen molar-refractivity contribution in [2.45, 2.75) is 30.4 Å². The van der Waals surface area contributed by atoms with E-state index in [2.05, 4.69) is 10.0 Å². The molecule has 2 rings (SSSR count). The van der Waals surface area contributed by atoms with Gasteiger partial charge in [-0.2, -0.15) is 0 Å². The fourth-order valence-corrected chi connectivity index (χ4v) is 3.04. The molecule has 0 radical (unpaired) electrons. The number of sulfonamides is 1. The Morgan fingerprint density at radius 2 is 2.16 bits per heavy atom. The number of nitrogens with two attached hydrogens (primary N) is 1. The van der Waals surface area contributed by atoms with Crippen LogP contribution in [0.1, 0.15) is 13.3 Å². The van der Waals surface area contributed by atoms with Gasteiger partial charge in [0.15, 0.2) is 0 Å². The molecular formula is C12H19N3O3S. The first-order valence-electron chi connectivity index (χ1n) is 6.15. The lowest BCUT2D eigenvalue weighted by molar-refractivity contribution is 0.121. The smallest absolute Gasteiger partial charge is 0.242 e. The summed E-state index contributed by atoms with van der Waals surface area (Å²) >= 11 is 0. The van der Waals surface area contributed by atoms with E-state index in [0.29, 0.717) is 18.0 Å². The molecule has 4 N–H and O–H groups in total. The molecule has 1 aliphatic heterocycles. The van der Waals surface area contributed by atoms with E-state index in [0.717, 1.165) is 6.42 Å². The lowest BCUT2D eigenvalue weighted by atomic mass is 10.1. The molecule has 2 atom stereocenters. The van der Waals surface area contributed by atoms with Crippen molar-refractivity contribution in [2.24, 2.45) is 0 Å². The molecule has 1 fully saturated rings. The lowest BCUT2D eigenvalue weighted by Crippen LogP contribution is -2.28. The van der Waals surface area contributed by atoms with Crippen LogP contribution in [0.15, 0.2) is 23.1 Å². The molecule has 0 aliphatic carbocycles. The Bertz CT molecular complexity index is 559. The summed E-state index contributed by atoms with van der Waals surface area (Å²) < 4.78 is 31.8. The van der Waals surface area contributed by atoms with Crippen molar-refractivity contribution < 1.29 is 13.2 Å². The molecule has 1 saturated heterocycles. The summed E-state index contributed by atoms with van der Waals surface area (Å²) in [7, 11) is -2.17. The second kappa shape index (κ2) is 5.36. The maximum atomic E-state index is 12.0. The minimum Gasteiger partial charge on any atom is -0.399 e. The molecule has 2 unspecified atom stereocenters. The second-order valence-electron chi connectivity index (χ2n) is 4.58. The van der Waals surface area contributed by atoms with Gasteiger partial charge >= 0.3 is 0 Å². The summed E-state index contributed by atoms with van der Waals surface area (Å²) in [5.41, 5.74) is 6.63. The Morgan fingerprint density at radius 1 is 1.42 bits per heavy atom. The molecule has 1 aromatic carbocycles. The minimum atomic E-state index is -3.54. The molecule has 106 valence electrons. The molecule has 1 aromatic rings. The first-order chi connectivity index (χ1) is 8.94. The number of anilines is 2. The van der Waals surface area contributed by atoms with Crippen molar-refractivity contribution in [1.29, 1.82) is 0 Å². The molecule has 0 bridgehead atoms. The fourth-order valence-electron chi connectivity index (χ4n) is 2.11. The third kappa shape index (κ3) is 2.99. The number of nitrogens with one attached hydrogen (secondary N) is 2. The largest absolute Gasteiger partial charge is 0.399 e. The highest BCUT2D eigenvalue weighted by Gasteiger charge is 2.26. The average Bonchev–Trinajstić information content (AvgIpc) is 2.77. The fraction of sp³-hybridized carbons (Fsp3) is 0.500. The van der Waals surface area contributed by atoms with E-state index in [-0.39, 0.29) is 17.0 Å². The molecule has 1 heterocycles. The van der Waals surface area contributed by atoms with Crippen molar-refractivity contribution in [1.82, 2.24) is 4.72 Å². The molecule has 0 aromatic heterocycles. The van der Waals surface area contributed by atoms with E-state index < -0.39 is 10.0 Å². The molecular weight excluding hydrogens is 266 g/mol. The SMILES string of the molecule is CNS(=O)(=O)c1cc(N)ccc1NC1CCOC1C. The van der Waals surface area contributed by atoms with Gasteiger partial charge in [0.05, 0.1) is 17.8 Å². The van der Waals surface area contributed by atoms with E-state index in [1.807, 2.05) is 6.92 Å². The maximum absolute atomic E-state index is 12.0. The van der Waals surface area contributed by atoms with Crippen LogP contribution >= 0.6 is 0 Å². The van der Waals surface area contributed by atoms with Gasteiger partial charge in [-0.25, -0.2) is 13.1 Å². The van der Waals surface area contributed by atoms with Gasteiger partial charge in [-0.3, -0.25) is 0 Å². The molecule has 0 amide bonds. The van der Waals surface area contributed by atoms with Crippen LogP contribution in [-0.2, 0) is 14.8 Å². The van der Waals surface area contributed by atoms with Crippen LogP contribution in [0.4, 0.5) is 11.4 Å². The van der Waals surface area contributed by atoms with Gasteiger partial charge in [0.2, 0.25) is 10.0 Å². The standard InChI is InChI=1S/C12H19N3O3S/c1-8-10(5-6-18-8)15-11-4-3-9(13)7-12(11)19(16,17)14-2/h3-4,7-8,10,14-15H,5-6,13H2,1-2H3. The molecule has 6 nitrogen and oxygen atoms in total. The topological polar surface area (TPSA) is 93.5 Å². The van der Waals surface area contributed by atoms with Crippen molar-refractivity contribution in [3.05, 3.63) is 18.2 Å². The van der Waals surface area contributed by atoms with Crippen LogP contribution in [0.5, 0.6) is 0 Å². The van der Waals surface area contributed by atoms with Gasteiger partial charge in [0.1, 0.15) is 4.90 Å². The summed E-state index contributed by atoms with van der Waals surface area (Å²) in [6.45, 7) is 2.65. The first kappa shape index (κ1) is 14.1. The van der Waals surface area contributed by atoms with Gasteiger partial charge in [-0.05, 0) is 38.6 Å². The van der Waals surface area contributed by atoms with Crippen LogP contribution in [0.25, 0.3) is 0 Å². The third-order valence-corrected chi connectivity index (χ3v) is 4.74. The summed E-state index contributed by atoms with van der Waals surface area (Å²) in [6.07, 6.45) is 0.910. The second-order valence-corrected chi connectivity index (χ2v) is 6.43. The Kier molecular flexibility index (Phi) is 3.98. The highest BCUT2D eigenvalue weighted by atomic mass is 32.2. The van der Waals surface area contributed by atoms with Crippen LogP contribution in [-0.4, -0.2) is 34.2 Å². The third-order valence-electron chi connectivity index (χ3n) is 3.28. The van der Waals surface area contributed by atoms with Gasteiger partial charge in [0.25, 0.3) is 0 Å². The van der Waals surface area contributed by atoms with Crippen LogP contribution in [0.2, 0.25) is 0 Å². The molecule has 7 heteroatoms. The zero-order chi connectivity index (χ0) is 14.0. The van der Waals surface area contributed by atoms with E-state index in [1.165, 1.54) is 13.1 Å². The van der Waals surface area contributed by atoms with Crippen molar-refractivity contribution in [3.63, 3.8) is 0 Å². The minimum absolute atomic E-state index is 0.0580. The van der Waals surface area contributed by atoms with E-state index in [9.17, 15) is 8.42 Å². The number of hydrogen-bond donors (Lipinski definition) is 3. The maximum Gasteiger partial charge on any atom is 0.242 e. The lowest BCUT2D eigenvalue weighted by Gasteiger charge is -2.20. The quantitative estimate of drug-likeness (QED) is 0.710. The zero-order valence-corrected chi connectivity index (χ0v) is 11.8.